The molecule has 1 heterocycles. The second kappa shape index (κ2) is 9.66. The summed E-state index contributed by atoms with van der Waals surface area (Å²) in [5.41, 5.74) is 4.77. The average Bonchev–Trinajstić information content (AvgIpc) is 3.14. The quantitative estimate of drug-likeness (QED) is 0.298. The summed E-state index contributed by atoms with van der Waals surface area (Å²) in [5, 5.41) is 6.20. The maximum Gasteiger partial charge on any atom is 0.328 e. The number of aryl methyl sites for hydroxylation is 1. The smallest absolute Gasteiger partial charge is 0.320 e. The zero-order valence-electron chi connectivity index (χ0n) is 17.7. The number of fused-ring (bicyclic) bond motifs is 1. The number of nitrogens with one attached hydrogen (secondary N) is 3. The Kier molecular flexibility index (Phi) is 6.67. The van der Waals surface area contributed by atoms with Crippen molar-refractivity contribution in [2.45, 2.75) is 6.92 Å². The van der Waals surface area contributed by atoms with Crippen molar-refractivity contribution in [3.63, 3.8) is 0 Å². The fourth-order valence-corrected chi connectivity index (χ4v) is 4.03. The average molecular weight is 544 g/mol. The molecule has 0 saturated heterocycles. The maximum atomic E-state index is 13.1. The molecule has 7 nitrogen and oxygen atoms in total. The fraction of sp³-hybridized carbons (Fsp3) is 0.0417. The van der Waals surface area contributed by atoms with Gasteiger partial charge in [-0.1, -0.05) is 17.7 Å². The maximum absolute atomic E-state index is 13.1. The van der Waals surface area contributed by atoms with Crippen LogP contribution < -0.4 is 16.1 Å². The lowest BCUT2D eigenvalue weighted by molar-refractivity contribution is -0.133. The third-order valence-electron chi connectivity index (χ3n) is 4.89. The van der Waals surface area contributed by atoms with E-state index in [1.807, 2.05) is 19.1 Å². The Hall–Kier alpha value is -3.69. The molecule has 3 aromatic carbocycles. The van der Waals surface area contributed by atoms with Gasteiger partial charge >= 0.3 is 11.8 Å². The molecule has 1 aromatic heterocycles. The second-order valence-electron chi connectivity index (χ2n) is 7.41. The van der Waals surface area contributed by atoms with E-state index < -0.39 is 23.5 Å². The zero-order valence-corrected chi connectivity index (χ0v) is 20.0. The van der Waals surface area contributed by atoms with Gasteiger partial charge in [-0.3, -0.25) is 19.8 Å². The summed E-state index contributed by atoms with van der Waals surface area (Å²) in [4.78, 5) is 38.2. The number of hydrogen-bond donors (Lipinski definition) is 3. The van der Waals surface area contributed by atoms with Gasteiger partial charge in [-0.25, -0.2) is 9.07 Å². The van der Waals surface area contributed by atoms with Crippen molar-refractivity contribution in [3.05, 3.63) is 93.3 Å². The molecule has 0 spiro atoms. The van der Waals surface area contributed by atoms with Gasteiger partial charge in [0.1, 0.15) is 11.5 Å². The number of nitrogens with zero attached hydrogens (tertiary/aromatic N) is 1. The third-order valence-corrected chi connectivity index (χ3v) is 5.78. The van der Waals surface area contributed by atoms with Crippen molar-refractivity contribution in [3.8, 4) is 0 Å². The number of anilines is 2. The van der Waals surface area contributed by atoms with Gasteiger partial charge in [0.05, 0.1) is 11.2 Å². The number of amides is 3. The molecule has 3 amide bonds. The van der Waals surface area contributed by atoms with Crippen LogP contribution in [-0.4, -0.2) is 22.4 Å². The largest absolute Gasteiger partial charge is 0.328 e. The lowest BCUT2D eigenvalue weighted by atomic mass is 10.2. The minimum absolute atomic E-state index is 0.0765. The van der Waals surface area contributed by atoms with Crippen molar-refractivity contribution < 1.29 is 18.8 Å². The van der Waals surface area contributed by atoms with E-state index in [0.717, 1.165) is 17.7 Å². The Morgan fingerprint density at radius 3 is 2.35 bits per heavy atom. The van der Waals surface area contributed by atoms with E-state index in [2.05, 4.69) is 32.0 Å². The highest BCUT2D eigenvalue weighted by Gasteiger charge is 2.21. The van der Waals surface area contributed by atoms with Crippen LogP contribution in [0.15, 0.2) is 71.2 Å². The molecule has 0 aliphatic carbocycles. The number of hydrogen-bond acceptors (Lipinski definition) is 3. The van der Waals surface area contributed by atoms with Crippen LogP contribution >= 0.6 is 27.5 Å². The van der Waals surface area contributed by atoms with E-state index in [4.69, 9.17) is 11.6 Å². The lowest BCUT2D eigenvalue weighted by Gasteiger charge is -2.13. The number of aromatic nitrogens is 1. The first-order valence-electron chi connectivity index (χ1n) is 9.97. The van der Waals surface area contributed by atoms with Crippen LogP contribution in [0.3, 0.4) is 0 Å². The van der Waals surface area contributed by atoms with Crippen LogP contribution in [0.1, 0.15) is 16.1 Å². The third kappa shape index (κ3) is 5.11. The van der Waals surface area contributed by atoms with Crippen molar-refractivity contribution in [2.75, 3.05) is 16.1 Å². The van der Waals surface area contributed by atoms with Gasteiger partial charge in [-0.05, 0) is 89.1 Å². The van der Waals surface area contributed by atoms with E-state index in [1.165, 1.54) is 16.8 Å². The first-order chi connectivity index (χ1) is 16.2. The number of carbonyl (C=O) groups excluding carboxylic acids is 3. The van der Waals surface area contributed by atoms with Crippen molar-refractivity contribution >= 4 is 67.5 Å². The first kappa shape index (κ1) is 23.5. The van der Waals surface area contributed by atoms with Crippen LogP contribution in [0.2, 0.25) is 5.02 Å². The molecular weight excluding hydrogens is 527 g/mol. The highest BCUT2D eigenvalue weighted by atomic mass is 79.9. The molecule has 0 radical (unpaired) electrons. The molecule has 34 heavy (non-hydrogen) atoms. The van der Waals surface area contributed by atoms with Crippen LogP contribution in [0.25, 0.3) is 10.9 Å². The van der Waals surface area contributed by atoms with Gasteiger partial charge in [0, 0.05) is 20.6 Å². The summed E-state index contributed by atoms with van der Waals surface area (Å²) < 4.78 is 15.0. The second-order valence-corrected chi connectivity index (χ2v) is 8.70. The molecule has 0 fully saturated rings. The molecule has 172 valence electrons. The van der Waals surface area contributed by atoms with E-state index in [-0.39, 0.29) is 11.4 Å². The van der Waals surface area contributed by atoms with E-state index in [9.17, 15) is 18.8 Å². The van der Waals surface area contributed by atoms with Crippen LogP contribution in [0.4, 0.5) is 15.8 Å². The van der Waals surface area contributed by atoms with Gasteiger partial charge in [0.15, 0.2) is 0 Å². The molecule has 0 unspecified atom stereocenters. The predicted octanol–water partition coefficient (Wildman–Crippen LogP) is 5.47. The number of rotatable bonds is 4. The number of benzene rings is 3. The summed E-state index contributed by atoms with van der Waals surface area (Å²) >= 11 is 9.51. The Morgan fingerprint density at radius 2 is 1.65 bits per heavy atom. The number of halogens is 3. The van der Waals surface area contributed by atoms with Crippen molar-refractivity contribution in [1.82, 2.24) is 4.68 Å². The van der Waals surface area contributed by atoms with Crippen LogP contribution in [0, 0.1) is 12.7 Å². The number of carbonyl (C=O) groups is 3. The van der Waals surface area contributed by atoms with Crippen LogP contribution in [0.5, 0.6) is 0 Å². The van der Waals surface area contributed by atoms with Gasteiger partial charge in [0.25, 0.3) is 5.91 Å². The zero-order chi connectivity index (χ0) is 24.4. The molecule has 4 aromatic rings. The van der Waals surface area contributed by atoms with Gasteiger partial charge in [-0.15, -0.1) is 0 Å². The van der Waals surface area contributed by atoms with E-state index in [0.29, 0.717) is 26.1 Å². The molecule has 0 bridgehead atoms. The van der Waals surface area contributed by atoms with Gasteiger partial charge < -0.3 is 10.6 Å². The topological polar surface area (TPSA) is 92.2 Å². The molecular formula is C24H17BrClFN4O3. The Morgan fingerprint density at radius 1 is 0.912 bits per heavy atom. The highest BCUT2D eigenvalue weighted by Crippen LogP contribution is 2.26. The summed E-state index contributed by atoms with van der Waals surface area (Å²) in [6.45, 7) is 1.92. The molecule has 3 N–H and O–H groups in total. The molecule has 0 aliphatic rings. The van der Waals surface area contributed by atoms with Crippen molar-refractivity contribution in [2.24, 2.45) is 0 Å². The monoisotopic (exact) mass is 542 g/mol. The summed E-state index contributed by atoms with van der Waals surface area (Å²) in [5.74, 6) is -3.01. The van der Waals surface area contributed by atoms with Gasteiger partial charge in [0.2, 0.25) is 0 Å². The normalized spacial score (nSPS) is 10.7. The van der Waals surface area contributed by atoms with Crippen LogP contribution in [-0.2, 0) is 9.59 Å². The minimum Gasteiger partial charge on any atom is -0.320 e. The standard InChI is InChI=1S/C24H17BrClFN4O3/c1-13-2-8-19(18(25)10-13)29-22(32)21-12-14-11-15(26)3-9-20(14)31(21)30-24(34)23(33)28-17-6-4-16(27)5-7-17/h2-12H,1H3,(H,28,33)(H,29,32)(H,30,34). The Balaban J connectivity index is 1.63. The van der Waals surface area contributed by atoms with Crippen molar-refractivity contribution in [1.29, 1.82) is 0 Å². The molecule has 0 atom stereocenters. The molecule has 10 heteroatoms. The summed E-state index contributed by atoms with van der Waals surface area (Å²) in [6, 6.07) is 16.8. The fourth-order valence-electron chi connectivity index (χ4n) is 3.26. The summed E-state index contributed by atoms with van der Waals surface area (Å²) in [6.07, 6.45) is 0. The highest BCUT2D eigenvalue weighted by molar-refractivity contribution is 9.10. The first-order valence-corrected chi connectivity index (χ1v) is 11.1. The lowest BCUT2D eigenvalue weighted by Crippen LogP contribution is -2.36. The summed E-state index contributed by atoms with van der Waals surface area (Å²) in [7, 11) is 0. The van der Waals surface area contributed by atoms with E-state index in [1.54, 1.807) is 30.3 Å². The predicted molar refractivity (Wildman–Crippen MR) is 133 cm³/mol. The Labute approximate surface area is 207 Å². The molecule has 0 saturated carbocycles. The SMILES string of the molecule is Cc1ccc(NC(=O)c2cc3cc(Cl)ccc3n2NC(=O)C(=O)Nc2ccc(F)cc2)c(Br)c1. The molecule has 4 rings (SSSR count). The van der Waals surface area contributed by atoms with E-state index >= 15 is 0 Å². The minimum atomic E-state index is -1.03. The Bertz CT molecular complexity index is 1440. The molecule has 0 aliphatic heterocycles. The van der Waals surface area contributed by atoms with Gasteiger partial charge in [-0.2, -0.15) is 0 Å².